The molecule has 1 N–H and O–H groups in total. The second kappa shape index (κ2) is 9.15. The van der Waals surface area contributed by atoms with Gasteiger partial charge in [-0.2, -0.15) is 4.31 Å². The van der Waals surface area contributed by atoms with E-state index in [1.807, 2.05) is 69.3 Å². The number of rotatable bonds is 8. The zero-order valence-electron chi connectivity index (χ0n) is 16.4. The highest BCUT2D eigenvalue weighted by atomic mass is 32.2. The molecule has 146 valence electrons. The van der Waals surface area contributed by atoms with Gasteiger partial charge in [0.2, 0.25) is 15.9 Å². The molecular formula is C21H28N2O3S. The summed E-state index contributed by atoms with van der Waals surface area (Å²) in [7, 11) is -3.51. The average Bonchev–Trinajstić information content (AvgIpc) is 2.61. The first kappa shape index (κ1) is 21.1. The molecule has 0 aliphatic rings. The van der Waals surface area contributed by atoms with Crippen LogP contribution in [0, 0.1) is 13.8 Å². The third-order valence-electron chi connectivity index (χ3n) is 4.58. The maximum absolute atomic E-state index is 12.6. The van der Waals surface area contributed by atoms with Gasteiger partial charge in [-0.25, -0.2) is 8.42 Å². The fourth-order valence-electron chi connectivity index (χ4n) is 2.97. The molecule has 2 aromatic carbocycles. The number of carbonyl (C=O) groups is 1. The Bertz CT molecular complexity index is 877. The minimum absolute atomic E-state index is 0.139. The maximum atomic E-state index is 12.6. The molecule has 6 heteroatoms. The molecule has 2 rings (SSSR count). The first-order valence-corrected chi connectivity index (χ1v) is 10.9. The van der Waals surface area contributed by atoms with Crippen LogP contribution in [0.3, 0.4) is 0 Å². The lowest BCUT2D eigenvalue weighted by Gasteiger charge is -2.23. The van der Waals surface area contributed by atoms with Crippen LogP contribution in [-0.2, 0) is 21.4 Å². The highest BCUT2D eigenvalue weighted by molar-refractivity contribution is 7.88. The van der Waals surface area contributed by atoms with Gasteiger partial charge < -0.3 is 5.32 Å². The summed E-state index contributed by atoms with van der Waals surface area (Å²) in [6.07, 6.45) is 1.86. The summed E-state index contributed by atoms with van der Waals surface area (Å²) in [4.78, 5) is 12.6. The van der Waals surface area contributed by atoms with Crippen LogP contribution in [0.1, 0.15) is 41.6 Å². The predicted octanol–water partition coefficient (Wildman–Crippen LogP) is 3.33. The quantitative estimate of drug-likeness (QED) is 0.754. The SMILES string of the molecule is CC[C@H](NC(=O)CN(Cc1ccc(C)cc1)S(C)(=O)=O)c1ccccc1C. The van der Waals surface area contributed by atoms with E-state index in [0.717, 1.165) is 34.9 Å². The van der Waals surface area contributed by atoms with Crippen molar-refractivity contribution in [1.82, 2.24) is 9.62 Å². The Morgan fingerprint density at radius 2 is 1.70 bits per heavy atom. The van der Waals surface area contributed by atoms with Gasteiger partial charge in [-0.05, 0) is 37.0 Å². The number of sulfonamides is 1. The van der Waals surface area contributed by atoms with Crippen LogP contribution in [0.5, 0.6) is 0 Å². The van der Waals surface area contributed by atoms with Crippen molar-refractivity contribution in [3.63, 3.8) is 0 Å². The van der Waals surface area contributed by atoms with Crippen LogP contribution in [-0.4, -0.2) is 31.4 Å². The van der Waals surface area contributed by atoms with Gasteiger partial charge in [0.05, 0.1) is 18.8 Å². The van der Waals surface area contributed by atoms with E-state index in [2.05, 4.69) is 5.32 Å². The highest BCUT2D eigenvalue weighted by Gasteiger charge is 2.22. The van der Waals surface area contributed by atoms with E-state index in [1.54, 1.807) is 0 Å². The third kappa shape index (κ3) is 6.19. The molecule has 0 radical (unpaired) electrons. The van der Waals surface area contributed by atoms with Crippen molar-refractivity contribution in [3.05, 3.63) is 70.8 Å². The van der Waals surface area contributed by atoms with Crippen molar-refractivity contribution in [2.75, 3.05) is 12.8 Å². The van der Waals surface area contributed by atoms with E-state index < -0.39 is 10.0 Å². The summed E-state index contributed by atoms with van der Waals surface area (Å²) in [6, 6.07) is 15.4. The molecule has 0 bridgehead atoms. The summed E-state index contributed by atoms with van der Waals surface area (Å²) >= 11 is 0. The Labute approximate surface area is 162 Å². The van der Waals surface area contributed by atoms with Crippen molar-refractivity contribution in [2.45, 2.75) is 39.8 Å². The molecule has 1 atom stereocenters. The van der Waals surface area contributed by atoms with Crippen molar-refractivity contribution >= 4 is 15.9 Å². The van der Waals surface area contributed by atoms with E-state index in [4.69, 9.17) is 0 Å². The molecule has 0 aliphatic carbocycles. The zero-order valence-corrected chi connectivity index (χ0v) is 17.2. The molecule has 2 aromatic rings. The average molecular weight is 389 g/mol. The number of amides is 1. The summed E-state index contributed by atoms with van der Waals surface area (Å²) < 4.78 is 25.5. The van der Waals surface area contributed by atoms with Gasteiger partial charge in [0.1, 0.15) is 0 Å². The summed E-state index contributed by atoms with van der Waals surface area (Å²) in [5.74, 6) is -0.303. The second-order valence-corrected chi connectivity index (χ2v) is 8.88. The zero-order chi connectivity index (χ0) is 20.0. The van der Waals surface area contributed by atoms with Gasteiger partial charge in [0.15, 0.2) is 0 Å². The van der Waals surface area contributed by atoms with Crippen molar-refractivity contribution in [3.8, 4) is 0 Å². The van der Waals surface area contributed by atoms with E-state index in [1.165, 1.54) is 4.31 Å². The lowest BCUT2D eigenvalue weighted by Crippen LogP contribution is -2.41. The Balaban J connectivity index is 2.11. The largest absolute Gasteiger partial charge is 0.348 e. The van der Waals surface area contributed by atoms with Crippen LogP contribution < -0.4 is 5.32 Å². The fraction of sp³-hybridized carbons (Fsp3) is 0.381. The first-order chi connectivity index (χ1) is 12.7. The Morgan fingerprint density at radius 3 is 2.26 bits per heavy atom. The number of hydrogen-bond donors (Lipinski definition) is 1. The molecular weight excluding hydrogens is 360 g/mol. The van der Waals surface area contributed by atoms with Crippen molar-refractivity contribution in [2.24, 2.45) is 0 Å². The smallest absolute Gasteiger partial charge is 0.235 e. The second-order valence-electron chi connectivity index (χ2n) is 6.90. The minimum atomic E-state index is -3.51. The molecule has 0 spiro atoms. The molecule has 0 fully saturated rings. The summed E-state index contributed by atoms with van der Waals surface area (Å²) in [5.41, 5.74) is 4.11. The fourth-order valence-corrected chi connectivity index (χ4v) is 3.70. The highest BCUT2D eigenvalue weighted by Crippen LogP contribution is 2.20. The van der Waals surface area contributed by atoms with Gasteiger partial charge in [-0.3, -0.25) is 4.79 Å². The Hall–Kier alpha value is -2.18. The van der Waals surface area contributed by atoms with Crippen LogP contribution in [0.4, 0.5) is 0 Å². The molecule has 1 amide bonds. The number of hydrogen-bond acceptors (Lipinski definition) is 3. The summed E-state index contributed by atoms with van der Waals surface area (Å²) in [5, 5.41) is 2.98. The van der Waals surface area contributed by atoms with Gasteiger partial charge in [0, 0.05) is 6.54 Å². The Morgan fingerprint density at radius 1 is 1.07 bits per heavy atom. The van der Waals surface area contributed by atoms with Crippen LogP contribution >= 0.6 is 0 Å². The van der Waals surface area contributed by atoms with Crippen LogP contribution in [0.25, 0.3) is 0 Å². The maximum Gasteiger partial charge on any atom is 0.235 e. The van der Waals surface area contributed by atoms with Gasteiger partial charge in [0.25, 0.3) is 0 Å². The Kier molecular flexibility index (Phi) is 7.16. The van der Waals surface area contributed by atoms with Gasteiger partial charge in [-0.15, -0.1) is 0 Å². The number of benzene rings is 2. The molecule has 5 nitrogen and oxygen atoms in total. The summed E-state index contributed by atoms with van der Waals surface area (Å²) in [6.45, 7) is 5.95. The van der Waals surface area contributed by atoms with E-state index in [-0.39, 0.29) is 25.0 Å². The number of carbonyl (C=O) groups excluding carboxylic acids is 1. The van der Waals surface area contributed by atoms with Crippen LogP contribution in [0.15, 0.2) is 48.5 Å². The van der Waals surface area contributed by atoms with E-state index >= 15 is 0 Å². The topological polar surface area (TPSA) is 66.5 Å². The van der Waals surface area contributed by atoms with Crippen LogP contribution in [0.2, 0.25) is 0 Å². The van der Waals surface area contributed by atoms with Gasteiger partial charge >= 0.3 is 0 Å². The predicted molar refractivity (Wildman–Crippen MR) is 109 cm³/mol. The third-order valence-corrected chi connectivity index (χ3v) is 5.77. The number of aryl methyl sites for hydroxylation is 2. The lowest BCUT2D eigenvalue weighted by atomic mass is 9.99. The standard InChI is InChI=1S/C21H28N2O3S/c1-5-20(19-9-7-6-8-17(19)3)22-21(24)15-23(27(4,25)26)14-18-12-10-16(2)11-13-18/h6-13,20H,5,14-15H2,1-4H3,(H,22,24)/t20-/m0/s1. The molecule has 0 aromatic heterocycles. The first-order valence-electron chi connectivity index (χ1n) is 9.06. The van der Waals surface area contributed by atoms with Crippen molar-refractivity contribution < 1.29 is 13.2 Å². The molecule has 0 unspecified atom stereocenters. The molecule has 0 saturated heterocycles. The molecule has 0 saturated carbocycles. The minimum Gasteiger partial charge on any atom is -0.348 e. The number of nitrogens with one attached hydrogen (secondary N) is 1. The van der Waals surface area contributed by atoms with Gasteiger partial charge in [-0.1, -0.05) is 61.0 Å². The van der Waals surface area contributed by atoms with Crippen molar-refractivity contribution in [1.29, 1.82) is 0 Å². The van der Waals surface area contributed by atoms with E-state index in [0.29, 0.717) is 0 Å². The monoisotopic (exact) mass is 388 g/mol. The molecule has 27 heavy (non-hydrogen) atoms. The number of nitrogens with zero attached hydrogens (tertiary/aromatic N) is 1. The van der Waals surface area contributed by atoms with E-state index in [9.17, 15) is 13.2 Å². The lowest BCUT2D eigenvalue weighted by molar-refractivity contribution is -0.122. The normalized spacial score (nSPS) is 12.8. The molecule has 0 aliphatic heterocycles. The molecule has 0 heterocycles.